The van der Waals surface area contributed by atoms with Crippen molar-refractivity contribution in [3.8, 4) is 17.2 Å². The van der Waals surface area contributed by atoms with Gasteiger partial charge in [-0.2, -0.15) is 0 Å². The highest BCUT2D eigenvalue weighted by molar-refractivity contribution is 5.59. The summed E-state index contributed by atoms with van der Waals surface area (Å²) in [5, 5.41) is 3.74. The van der Waals surface area contributed by atoms with Crippen LogP contribution in [0.5, 0.6) is 17.2 Å². The predicted octanol–water partition coefficient (Wildman–Crippen LogP) is 3.80. The molecule has 1 fully saturated rings. The number of fused-ring (bicyclic) bond motifs is 3. The van der Waals surface area contributed by atoms with E-state index in [-0.39, 0.29) is 5.60 Å². The number of rotatable bonds is 3. The first-order valence-corrected chi connectivity index (χ1v) is 8.52. The zero-order chi connectivity index (χ0) is 15.2. The van der Waals surface area contributed by atoms with Crippen LogP contribution in [0.1, 0.15) is 57.6 Å². The topological polar surface area (TPSA) is 39.7 Å². The number of hydrogen-bond donors (Lipinski definition) is 1. The maximum absolute atomic E-state index is 6.52. The largest absolute Gasteiger partial charge is 0.483 e. The van der Waals surface area contributed by atoms with E-state index in [0.29, 0.717) is 18.8 Å². The van der Waals surface area contributed by atoms with Crippen molar-refractivity contribution >= 4 is 0 Å². The summed E-state index contributed by atoms with van der Waals surface area (Å²) in [7, 11) is 0. The van der Waals surface area contributed by atoms with Gasteiger partial charge in [-0.25, -0.2) is 0 Å². The van der Waals surface area contributed by atoms with Crippen molar-refractivity contribution in [3.63, 3.8) is 0 Å². The molecule has 1 aliphatic carbocycles. The van der Waals surface area contributed by atoms with Gasteiger partial charge in [-0.15, -0.1) is 0 Å². The average Bonchev–Trinajstić information content (AvgIpc) is 3.14. The third-order valence-electron chi connectivity index (χ3n) is 5.08. The van der Waals surface area contributed by atoms with Gasteiger partial charge in [-0.05, 0) is 50.3 Å². The molecule has 1 spiro atoms. The minimum Gasteiger partial charge on any atom is -0.483 e. The van der Waals surface area contributed by atoms with Crippen LogP contribution in [-0.2, 0) is 0 Å². The Hall–Kier alpha value is -1.42. The lowest BCUT2D eigenvalue weighted by Crippen LogP contribution is -2.42. The minimum atomic E-state index is -0.0112. The summed E-state index contributed by atoms with van der Waals surface area (Å²) in [6, 6.07) is 4.50. The van der Waals surface area contributed by atoms with Crippen molar-refractivity contribution in [1.82, 2.24) is 5.32 Å². The van der Waals surface area contributed by atoms with Gasteiger partial charge in [0.15, 0.2) is 11.5 Å². The lowest BCUT2D eigenvalue weighted by molar-refractivity contribution is 0.0326. The summed E-state index contributed by atoms with van der Waals surface area (Å²) >= 11 is 0. The van der Waals surface area contributed by atoms with Crippen molar-refractivity contribution in [3.05, 3.63) is 17.7 Å². The van der Waals surface area contributed by atoms with Crippen LogP contribution < -0.4 is 19.5 Å². The molecule has 4 nitrogen and oxygen atoms in total. The molecule has 0 amide bonds. The van der Waals surface area contributed by atoms with Gasteiger partial charge in [0.1, 0.15) is 5.60 Å². The van der Waals surface area contributed by atoms with E-state index in [0.717, 1.165) is 43.1 Å². The standard InChI is InChI=1S/C18H25NO3/c1-12(2)10-19-14-9-18(7-3-4-8-18)22-16-13(14)5-6-15-17(16)21-11-20-15/h5-6,12,14,19H,3-4,7-11H2,1-2H3. The van der Waals surface area contributed by atoms with Gasteiger partial charge in [-0.1, -0.05) is 13.8 Å². The van der Waals surface area contributed by atoms with E-state index < -0.39 is 0 Å². The molecule has 120 valence electrons. The van der Waals surface area contributed by atoms with Crippen LogP contribution in [0.25, 0.3) is 0 Å². The van der Waals surface area contributed by atoms with Gasteiger partial charge >= 0.3 is 0 Å². The molecular weight excluding hydrogens is 278 g/mol. The quantitative estimate of drug-likeness (QED) is 0.922. The van der Waals surface area contributed by atoms with Gasteiger partial charge in [-0.3, -0.25) is 0 Å². The molecule has 1 saturated carbocycles. The Morgan fingerprint density at radius 2 is 2.00 bits per heavy atom. The fourth-order valence-electron chi connectivity index (χ4n) is 3.97. The maximum Gasteiger partial charge on any atom is 0.231 e. The van der Waals surface area contributed by atoms with Crippen molar-refractivity contribution < 1.29 is 14.2 Å². The molecule has 1 aromatic carbocycles. The lowest BCUT2D eigenvalue weighted by Gasteiger charge is -2.40. The van der Waals surface area contributed by atoms with Gasteiger partial charge in [0, 0.05) is 18.0 Å². The van der Waals surface area contributed by atoms with E-state index >= 15 is 0 Å². The molecule has 1 unspecified atom stereocenters. The fraction of sp³-hybridized carbons (Fsp3) is 0.667. The Morgan fingerprint density at radius 3 is 2.77 bits per heavy atom. The second-order valence-electron chi connectivity index (χ2n) is 7.27. The third kappa shape index (κ3) is 2.34. The first-order valence-electron chi connectivity index (χ1n) is 8.52. The Balaban J connectivity index is 1.71. The second-order valence-corrected chi connectivity index (χ2v) is 7.27. The molecule has 0 aromatic heterocycles. The van der Waals surface area contributed by atoms with Crippen molar-refractivity contribution in [1.29, 1.82) is 0 Å². The Morgan fingerprint density at radius 1 is 1.18 bits per heavy atom. The smallest absolute Gasteiger partial charge is 0.231 e. The molecule has 0 saturated heterocycles. The summed E-state index contributed by atoms with van der Waals surface area (Å²) in [6.45, 7) is 5.82. The normalized spacial score (nSPS) is 24.6. The molecule has 1 atom stereocenters. The molecule has 4 heteroatoms. The van der Waals surface area contributed by atoms with Gasteiger partial charge in [0.25, 0.3) is 0 Å². The summed E-state index contributed by atoms with van der Waals surface area (Å²) in [5.41, 5.74) is 1.21. The van der Waals surface area contributed by atoms with Gasteiger partial charge in [0.05, 0.1) is 0 Å². The highest BCUT2D eigenvalue weighted by Crippen LogP contribution is 2.53. The van der Waals surface area contributed by atoms with Crippen LogP contribution >= 0.6 is 0 Å². The first-order chi connectivity index (χ1) is 10.7. The van der Waals surface area contributed by atoms with E-state index in [4.69, 9.17) is 14.2 Å². The Kier molecular flexibility index (Phi) is 3.44. The second kappa shape index (κ2) is 5.34. The molecule has 4 rings (SSSR count). The predicted molar refractivity (Wildman–Crippen MR) is 84.6 cm³/mol. The molecule has 3 aliphatic rings. The van der Waals surface area contributed by atoms with Gasteiger partial charge in [0.2, 0.25) is 12.5 Å². The van der Waals surface area contributed by atoms with Crippen molar-refractivity contribution in [2.75, 3.05) is 13.3 Å². The van der Waals surface area contributed by atoms with Crippen LogP contribution in [-0.4, -0.2) is 18.9 Å². The zero-order valence-electron chi connectivity index (χ0n) is 13.5. The number of nitrogens with one attached hydrogen (secondary N) is 1. The highest BCUT2D eigenvalue weighted by Gasteiger charge is 2.45. The third-order valence-corrected chi connectivity index (χ3v) is 5.08. The Labute approximate surface area is 132 Å². The summed E-state index contributed by atoms with van der Waals surface area (Å²) in [5.74, 6) is 3.18. The number of hydrogen-bond acceptors (Lipinski definition) is 4. The van der Waals surface area contributed by atoms with Gasteiger partial charge < -0.3 is 19.5 Å². The molecular formula is C18H25NO3. The fourth-order valence-corrected chi connectivity index (χ4v) is 3.97. The molecule has 1 N–H and O–H groups in total. The monoisotopic (exact) mass is 303 g/mol. The van der Waals surface area contributed by atoms with E-state index in [1.807, 2.05) is 6.07 Å². The van der Waals surface area contributed by atoms with Crippen molar-refractivity contribution in [2.45, 2.75) is 57.6 Å². The summed E-state index contributed by atoms with van der Waals surface area (Å²) in [6.07, 6.45) is 5.89. The van der Waals surface area contributed by atoms with E-state index in [1.54, 1.807) is 0 Å². The highest BCUT2D eigenvalue weighted by atomic mass is 16.7. The molecule has 1 aromatic rings. The zero-order valence-corrected chi connectivity index (χ0v) is 13.5. The number of ether oxygens (including phenoxy) is 3. The van der Waals surface area contributed by atoms with Crippen LogP contribution in [0, 0.1) is 5.92 Å². The maximum atomic E-state index is 6.52. The SMILES string of the molecule is CC(C)CNC1CC2(CCCC2)Oc2c1ccc1c2OCO1. The molecule has 0 bridgehead atoms. The molecule has 2 aliphatic heterocycles. The van der Waals surface area contributed by atoms with Crippen LogP contribution in [0.15, 0.2) is 12.1 Å². The van der Waals surface area contributed by atoms with Crippen LogP contribution in [0.3, 0.4) is 0 Å². The van der Waals surface area contributed by atoms with Crippen LogP contribution in [0.4, 0.5) is 0 Å². The summed E-state index contributed by atoms with van der Waals surface area (Å²) in [4.78, 5) is 0. The van der Waals surface area contributed by atoms with Crippen LogP contribution in [0.2, 0.25) is 0 Å². The molecule has 0 radical (unpaired) electrons. The minimum absolute atomic E-state index is 0.0112. The Bertz CT molecular complexity index is 564. The van der Waals surface area contributed by atoms with E-state index in [1.165, 1.54) is 18.4 Å². The lowest BCUT2D eigenvalue weighted by atomic mass is 9.85. The van der Waals surface area contributed by atoms with Crippen molar-refractivity contribution in [2.24, 2.45) is 5.92 Å². The first kappa shape index (κ1) is 14.2. The average molecular weight is 303 g/mol. The number of benzene rings is 1. The van der Waals surface area contributed by atoms with E-state index in [9.17, 15) is 0 Å². The molecule has 22 heavy (non-hydrogen) atoms. The van der Waals surface area contributed by atoms with E-state index in [2.05, 4.69) is 25.2 Å². The molecule has 2 heterocycles. The summed E-state index contributed by atoms with van der Waals surface area (Å²) < 4.78 is 17.7.